The van der Waals surface area contributed by atoms with Crippen molar-refractivity contribution in [1.29, 1.82) is 0 Å². The number of carbonyl (C=O) groups excluding carboxylic acids is 1. The Morgan fingerprint density at radius 1 is 1.45 bits per heavy atom. The molecule has 0 amide bonds. The molecule has 1 heterocycles. The zero-order chi connectivity index (χ0) is 14.4. The molecule has 0 aromatic heterocycles. The van der Waals surface area contributed by atoms with Crippen LogP contribution in [-0.2, 0) is 16.0 Å². The first-order chi connectivity index (χ1) is 9.70. The fourth-order valence-corrected chi connectivity index (χ4v) is 2.75. The Kier molecular flexibility index (Phi) is 5.56. The van der Waals surface area contributed by atoms with Crippen LogP contribution in [0.15, 0.2) is 30.3 Å². The second-order valence-electron chi connectivity index (χ2n) is 5.45. The summed E-state index contributed by atoms with van der Waals surface area (Å²) in [5, 5.41) is 3.38. The average molecular weight is 276 g/mol. The number of nitrogens with one attached hydrogen (secondary N) is 1. The Morgan fingerprint density at radius 3 is 2.80 bits per heavy atom. The minimum atomic E-state index is -0.267. The summed E-state index contributed by atoms with van der Waals surface area (Å²) in [4.78, 5) is 14.3. The quantitative estimate of drug-likeness (QED) is 0.799. The number of hydrogen-bond donors (Lipinski definition) is 1. The molecule has 0 radical (unpaired) electrons. The molecule has 110 valence electrons. The number of ether oxygens (including phenoxy) is 1. The van der Waals surface area contributed by atoms with Crippen molar-refractivity contribution >= 4 is 5.97 Å². The number of rotatable bonds is 6. The highest BCUT2D eigenvalue weighted by Crippen LogP contribution is 2.14. The normalized spacial score (nSPS) is 20.8. The van der Waals surface area contributed by atoms with Gasteiger partial charge < -0.3 is 15.0 Å². The molecule has 4 heteroatoms. The molecule has 1 aliphatic heterocycles. The van der Waals surface area contributed by atoms with Crippen LogP contribution in [0.2, 0.25) is 0 Å². The van der Waals surface area contributed by atoms with E-state index in [-0.39, 0.29) is 12.0 Å². The van der Waals surface area contributed by atoms with Gasteiger partial charge in [0.25, 0.3) is 0 Å². The number of likely N-dealkylation sites (tertiary alicyclic amines) is 1. The van der Waals surface area contributed by atoms with Gasteiger partial charge in [0.1, 0.15) is 6.04 Å². The Morgan fingerprint density at radius 2 is 2.20 bits per heavy atom. The van der Waals surface area contributed by atoms with Crippen molar-refractivity contribution in [3.05, 3.63) is 35.9 Å². The van der Waals surface area contributed by atoms with Crippen LogP contribution in [0.25, 0.3) is 0 Å². The predicted octanol–water partition coefficient (Wildman–Crippen LogP) is 1.45. The smallest absolute Gasteiger partial charge is 0.323 e. The summed E-state index contributed by atoms with van der Waals surface area (Å²) in [6.45, 7) is 1.98. The van der Waals surface area contributed by atoms with E-state index in [2.05, 4.69) is 17.3 Å². The van der Waals surface area contributed by atoms with Gasteiger partial charge >= 0.3 is 5.97 Å². The molecular formula is C16H24N2O2. The predicted molar refractivity (Wildman–Crippen MR) is 79.6 cm³/mol. The zero-order valence-corrected chi connectivity index (χ0v) is 12.3. The van der Waals surface area contributed by atoms with Gasteiger partial charge in [-0.2, -0.15) is 0 Å². The van der Waals surface area contributed by atoms with Crippen molar-refractivity contribution in [2.45, 2.75) is 31.3 Å². The van der Waals surface area contributed by atoms with Gasteiger partial charge in [-0.25, -0.2) is 0 Å². The lowest BCUT2D eigenvalue weighted by Crippen LogP contribution is -2.45. The van der Waals surface area contributed by atoms with Crippen LogP contribution >= 0.6 is 0 Å². The molecule has 1 saturated heterocycles. The summed E-state index contributed by atoms with van der Waals surface area (Å²) in [6, 6.07) is 10.3. The topological polar surface area (TPSA) is 41.6 Å². The van der Waals surface area contributed by atoms with E-state index in [1.807, 2.05) is 30.3 Å². The van der Waals surface area contributed by atoms with Crippen LogP contribution in [0.3, 0.4) is 0 Å². The number of hydrogen-bond acceptors (Lipinski definition) is 4. The van der Waals surface area contributed by atoms with E-state index in [0.29, 0.717) is 12.5 Å². The second kappa shape index (κ2) is 7.41. The maximum Gasteiger partial charge on any atom is 0.323 e. The zero-order valence-electron chi connectivity index (χ0n) is 12.3. The largest absolute Gasteiger partial charge is 0.468 e. The van der Waals surface area contributed by atoms with Crippen molar-refractivity contribution in [2.24, 2.45) is 0 Å². The van der Waals surface area contributed by atoms with Crippen molar-refractivity contribution in [2.75, 3.05) is 27.2 Å². The lowest BCUT2D eigenvalue weighted by Gasteiger charge is -2.23. The molecule has 0 bridgehead atoms. The molecule has 2 atom stereocenters. The first-order valence-corrected chi connectivity index (χ1v) is 7.26. The molecule has 1 fully saturated rings. The highest BCUT2D eigenvalue weighted by Gasteiger charge is 2.24. The van der Waals surface area contributed by atoms with Gasteiger partial charge in [-0.15, -0.1) is 0 Å². The second-order valence-corrected chi connectivity index (χ2v) is 5.45. The van der Waals surface area contributed by atoms with Gasteiger partial charge in [0.05, 0.1) is 7.11 Å². The van der Waals surface area contributed by atoms with Crippen molar-refractivity contribution in [3.8, 4) is 0 Å². The monoisotopic (exact) mass is 276 g/mol. The average Bonchev–Trinajstić information content (AvgIpc) is 2.89. The molecular weight excluding hydrogens is 252 g/mol. The lowest BCUT2D eigenvalue weighted by atomic mass is 10.1. The van der Waals surface area contributed by atoms with E-state index in [9.17, 15) is 4.79 Å². The van der Waals surface area contributed by atoms with Crippen LogP contribution in [0.5, 0.6) is 0 Å². The minimum Gasteiger partial charge on any atom is -0.468 e. The summed E-state index contributed by atoms with van der Waals surface area (Å²) in [7, 11) is 3.59. The summed E-state index contributed by atoms with van der Waals surface area (Å²) >= 11 is 0. The van der Waals surface area contributed by atoms with E-state index in [4.69, 9.17) is 4.74 Å². The third-order valence-corrected chi connectivity index (χ3v) is 4.04. The molecule has 0 saturated carbocycles. The lowest BCUT2D eigenvalue weighted by molar-refractivity contribution is -0.143. The van der Waals surface area contributed by atoms with E-state index in [1.165, 1.54) is 20.0 Å². The van der Waals surface area contributed by atoms with Crippen LogP contribution in [0, 0.1) is 0 Å². The van der Waals surface area contributed by atoms with E-state index in [0.717, 1.165) is 18.7 Å². The third-order valence-electron chi connectivity index (χ3n) is 4.04. The van der Waals surface area contributed by atoms with E-state index < -0.39 is 0 Å². The Hall–Kier alpha value is -1.39. The molecule has 4 nitrogen and oxygen atoms in total. The molecule has 1 aromatic carbocycles. The minimum absolute atomic E-state index is 0.186. The maximum atomic E-state index is 11.9. The van der Waals surface area contributed by atoms with Crippen LogP contribution < -0.4 is 5.32 Å². The Bertz CT molecular complexity index is 422. The molecule has 1 aliphatic rings. The highest BCUT2D eigenvalue weighted by atomic mass is 16.5. The number of methoxy groups -OCH3 is 1. The van der Waals surface area contributed by atoms with Gasteiger partial charge in [0, 0.05) is 12.6 Å². The number of esters is 1. The maximum absolute atomic E-state index is 11.9. The van der Waals surface area contributed by atoms with Crippen LogP contribution in [0.1, 0.15) is 18.4 Å². The van der Waals surface area contributed by atoms with Crippen molar-refractivity contribution in [1.82, 2.24) is 10.2 Å². The molecule has 20 heavy (non-hydrogen) atoms. The van der Waals surface area contributed by atoms with Gasteiger partial charge in [0.15, 0.2) is 0 Å². The SMILES string of the molecule is COC(=O)C(Cc1ccccc1)NCC1CCCN1C. The fourth-order valence-electron chi connectivity index (χ4n) is 2.75. The fraction of sp³-hybridized carbons (Fsp3) is 0.562. The van der Waals surface area contributed by atoms with Crippen LogP contribution in [-0.4, -0.2) is 50.2 Å². The summed E-state index contributed by atoms with van der Waals surface area (Å²) in [5.74, 6) is -0.186. The molecule has 0 spiro atoms. The van der Waals surface area contributed by atoms with Gasteiger partial charge in [-0.1, -0.05) is 30.3 Å². The molecule has 2 rings (SSSR count). The summed E-state index contributed by atoms with van der Waals surface area (Å²) in [5.41, 5.74) is 1.15. The number of likely N-dealkylation sites (N-methyl/N-ethyl adjacent to an activating group) is 1. The molecule has 1 aromatic rings. The first kappa shape index (κ1) is 15.0. The van der Waals surface area contributed by atoms with Gasteiger partial charge in [-0.3, -0.25) is 4.79 Å². The number of benzene rings is 1. The van der Waals surface area contributed by atoms with E-state index in [1.54, 1.807) is 0 Å². The first-order valence-electron chi connectivity index (χ1n) is 7.26. The third kappa shape index (κ3) is 4.05. The van der Waals surface area contributed by atoms with Crippen molar-refractivity contribution < 1.29 is 9.53 Å². The molecule has 2 unspecified atom stereocenters. The van der Waals surface area contributed by atoms with Crippen molar-refractivity contribution in [3.63, 3.8) is 0 Å². The van der Waals surface area contributed by atoms with Gasteiger partial charge in [0.2, 0.25) is 0 Å². The Labute approximate surface area is 121 Å². The van der Waals surface area contributed by atoms with Gasteiger partial charge in [-0.05, 0) is 38.4 Å². The molecule has 1 N–H and O–H groups in total. The van der Waals surface area contributed by atoms with Crippen LogP contribution in [0.4, 0.5) is 0 Å². The standard InChI is InChI=1S/C16H24N2O2/c1-18-10-6-9-14(18)12-17-15(16(19)20-2)11-13-7-4-3-5-8-13/h3-5,7-8,14-15,17H,6,9-12H2,1-2H3. The van der Waals surface area contributed by atoms with E-state index >= 15 is 0 Å². The number of carbonyl (C=O) groups is 1. The molecule has 0 aliphatic carbocycles. The Balaban J connectivity index is 1.92. The summed E-state index contributed by atoms with van der Waals surface area (Å²) < 4.78 is 4.91. The highest BCUT2D eigenvalue weighted by molar-refractivity contribution is 5.76. The number of nitrogens with zero attached hydrogens (tertiary/aromatic N) is 1. The summed E-state index contributed by atoms with van der Waals surface area (Å²) in [6.07, 6.45) is 3.11.